The van der Waals surface area contributed by atoms with Crippen molar-refractivity contribution in [2.24, 2.45) is 5.92 Å². The molecule has 0 aliphatic heterocycles. The van der Waals surface area contributed by atoms with Gasteiger partial charge in [-0.2, -0.15) is 0 Å². The molecular weight excluding hydrogens is 429 g/mol. The normalized spacial score (nSPS) is 10.9. The van der Waals surface area contributed by atoms with Crippen molar-refractivity contribution in [1.29, 1.82) is 0 Å². The molecule has 0 radical (unpaired) electrons. The van der Waals surface area contributed by atoms with Gasteiger partial charge in [0.15, 0.2) is 16.6 Å². The summed E-state index contributed by atoms with van der Waals surface area (Å²) >= 11 is 5.62. The summed E-state index contributed by atoms with van der Waals surface area (Å²) in [4.78, 5) is 17.7. The molecule has 8 heteroatoms. The van der Waals surface area contributed by atoms with Gasteiger partial charge in [0, 0.05) is 30.1 Å². The minimum absolute atomic E-state index is 0.208. The summed E-state index contributed by atoms with van der Waals surface area (Å²) in [6.45, 7) is 5.63. The highest BCUT2D eigenvalue weighted by Gasteiger charge is 2.16. The maximum absolute atomic E-state index is 13.3. The van der Waals surface area contributed by atoms with Crippen LogP contribution >= 0.6 is 12.2 Å². The molecule has 0 amide bonds. The van der Waals surface area contributed by atoms with Crippen LogP contribution in [0.3, 0.4) is 0 Å². The second-order valence-electron chi connectivity index (χ2n) is 7.98. The van der Waals surface area contributed by atoms with Gasteiger partial charge in [-0.3, -0.25) is 4.79 Å². The topological polar surface area (TPSA) is 66.6 Å². The van der Waals surface area contributed by atoms with Crippen molar-refractivity contribution in [2.75, 3.05) is 20.8 Å². The van der Waals surface area contributed by atoms with Crippen LogP contribution in [0.1, 0.15) is 25.0 Å². The minimum atomic E-state index is -0.295. The Morgan fingerprint density at radius 3 is 2.38 bits per heavy atom. The number of hydrogen-bond donors (Lipinski definition) is 2. The summed E-state index contributed by atoms with van der Waals surface area (Å²) in [6, 6.07) is 11.7. The summed E-state index contributed by atoms with van der Waals surface area (Å²) in [7, 11) is 3.12. The van der Waals surface area contributed by atoms with Gasteiger partial charge in [-0.1, -0.05) is 26.0 Å². The molecule has 0 atom stereocenters. The predicted molar refractivity (Wildman–Crippen MR) is 129 cm³/mol. The van der Waals surface area contributed by atoms with Gasteiger partial charge < -0.3 is 24.7 Å². The second kappa shape index (κ2) is 10.5. The number of benzene rings is 2. The van der Waals surface area contributed by atoms with Gasteiger partial charge >= 0.3 is 0 Å². The van der Waals surface area contributed by atoms with Crippen LogP contribution in [0.25, 0.3) is 10.9 Å². The Kier molecular flexibility index (Phi) is 7.69. The van der Waals surface area contributed by atoms with E-state index in [0.717, 1.165) is 10.9 Å². The average Bonchev–Trinajstić information content (AvgIpc) is 2.77. The van der Waals surface area contributed by atoms with Gasteiger partial charge in [-0.05, 0) is 48.0 Å². The number of thiocarbonyl (C=S) groups is 1. The number of hydrogen-bond acceptors (Lipinski definition) is 4. The summed E-state index contributed by atoms with van der Waals surface area (Å²) in [6.07, 6.45) is 0. The third-order valence-corrected chi connectivity index (χ3v) is 5.42. The van der Waals surface area contributed by atoms with E-state index in [4.69, 9.17) is 21.7 Å². The highest BCUT2D eigenvalue weighted by atomic mass is 32.1. The molecule has 170 valence electrons. The lowest BCUT2D eigenvalue weighted by molar-refractivity contribution is 0.355. The number of H-pyrrole nitrogens is 1. The number of aromatic nitrogens is 1. The van der Waals surface area contributed by atoms with E-state index < -0.39 is 0 Å². The van der Waals surface area contributed by atoms with Crippen LogP contribution in [0.4, 0.5) is 4.39 Å². The first kappa shape index (κ1) is 23.5. The number of halogens is 1. The lowest BCUT2D eigenvalue weighted by atomic mass is 10.1. The van der Waals surface area contributed by atoms with E-state index in [2.05, 4.69) is 24.1 Å². The van der Waals surface area contributed by atoms with E-state index in [1.807, 2.05) is 17.0 Å². The summed E-state index contributed by atoms with van der Waals surface area (Å²) < 4.78 is 24.1. The largest absolute Gasteiger partial charge is 0.493 e. The summed E-state index contributed by atoms with van der Waals surface area (Å²) in [5.41, 5.74) is 1.90. The molecule has 0 saturated heterocycles. The molecule has 0 fully saturated rings. The number of aromatic amines is 1. The van der Waals surface area contributed by atoms with Crippen molar-refractivity contribution in [1.82, 2.24) is 15.2 Å². The van der Waals surface area contributed by atoms with E-state index >= 15 is 0 Å². The highest BCUT2D eigenvalue weighted by molar-refractivity contribution is 7.80. The van der Waals surface area contributed by atoms with Crippen molar-refractivity contribution < 1.29 is 13.9 Å². The molecule has 2 N–H and O–H groups in total. The van der Waals surface area contributed by atoms with Crippen LogP contribution in [0.2, 0.25) is 0 Å². The van der Waals surface area contributed by atoms with Crippen LogP contribution in [0.15, 0.2) is 47.3 Å². The number of pyridine rings is 1. The Morgan fingerprint density at radius 2 is 1.75 bits per heavy atom. The minimum Gasteiger partial charge on any atom is -0.493 e. The Bertz CT molecular complexity index is 1150. The predicted octanol–water partition coefficient (Wildman–Crippen LogP) is 4.22. The van der Waals surface area contributed by atoms with Crippen molar-refractivity contribution in [2.45, 2.75) is 26.9 Å². The van der Waals surface area contributed by atoms with Crippen LogP contribution in [-0.4, -0.2) is 35.8 Å². The third-order valence-electron chi connectivity index (χ3n) is 5.02. The molecule has 0 unspecified atom stereocenters. The monoisotopic (exact) mass is 457 g/mol. The third kappa shape index (κ3) is 5.76. The molecule has 2 aromatic carbocycles. The van der Waals surface area contributed by atoms with Crippen LogP contribution in [0, 0.1) is 11.7 Å². The van der Waals surface area contributed by atoms with Gasteiger partial charge in [0.2, 0.25) is 0 Å². The van der Waals surface area contributed by atoms with Crippen molar-refractivity contribution >= 4 is 28.2 Å². The summed E-state index contributed by atoms with van der Waals surface area (Å²) in [5.74, 6) is 1.24. The van der Waals surface area contributed by atoms with Crippen molar-refractivity contribution in [3.8, 4) is 11.5 Å². The van der Waals surface area contributed by atoms with Crippen molar-refractivity contribution in [3.63, 3.8) is 0 Å². The molecule has 0 aliphatic rings. The van der Waals surface area contributed by atoms with Crippen molar-refractivity contribution in [3.05, 3.63) is 69.8 Å². The number of nitrogens with zero attached hydrogens (tertiary/aromatic N) is 1. The first-order valence-electron chi connectivity index (χ1n) is 10.4. The van der Waals surface area contributed by atoms with Gasteiger partial charge in [0.25, 0.3) is 5.56 Å². The van der Waals surface area contributed by atoms with Gasteiger partial charge in [0.1, 0.15) is 5.82 Å². The molecule has 0 saturated carbocycles. The lowest BCUT2D eigenvalue weighted by Gasteiger charge is -2.26. The zero-order valence-corrected chi connectivity index (χ0v) is 19.5. The maximum Gasteiger partial charge on any atom is 0.253 e. The Labute approximate surface area is 192 Å². The quantitative estimate of drug-likeness (QED) is 0.494. The Morgan fingerprint density at radius 1 is 1.09 bits per heavy atom. The molecule has 1 aromatic heterocycles. The molecule has 6 nitrogen and oxygen atoms in total. The summed E-state index contributed by atoms with van der Waals surface area (Å²) in [5, 5.41) is 4.61. The molecule has 0 aliphatic carbocycles. The van der Waals surface area contributed by atoms with Gasteiger partial charge in [0.05, 0.1) is 26.3 Å². The van der Waals surface area contributed by atoms with Crippen LogP contribution in [-0.2, 0) is 13.1 Å². The first-order chi connectivity index (χ1) is 15.3. The van der Waals surface area contributed by atoms with E-state index in [1.165, 1.54) is 12.1 Å². The second-order valence-corrected chi connectivity index (χ2v) is 8.37. The highest BCUT2D eigenvalue weighted by Crippen LogP contribution is 2.31. The van der Waals surface area contributed by atoms with Crippen LogP contribution in [0.5, 0.6) is 11.5 Å². The van der Waals surface area contributed by atoms with E-state index in [0.29, 0.717) is 53.2 Å². The number of nitrogens with one attached hydrogen (secondary N) is 2. The fourth-order valence-corrected chi connectivity index (χ4v) is 3.53. The fraction of sp³-hybridized carbons (Fsp3) is 0.333. The SMILES string of the molecule is COc1cc2cc(CN(Cc3ccc(F)cc3)C(=S)NCC(C)C)c(=O)[nH]c2cc1OC. The number of rotatable bonds is 8. The zero-order valence-electron chi connectivity index (χ0n) is 18.7. The number of methoxy groups -OCH3 is 2. The van der Waals surface area contributed by atoms with Crippen LogP contribution < -0.4 is 20.3 Å². The van der Waals surface area contributed by atoms with E-state index in [9.17, 15) is 9.18 Å². The Hall–Kier alpha value is -3.13. The number of ether oxygens (including phenoxy) is 2. The lowest BCUT2D eigenvalue weighted by Crippen LogP contribution is -2.41. The molecule has 1 heterocycles. The molecule has 3 aromatic rings. The van der Waals surface area contributed by atoms with Gasteiger partial charge in [-0.15, -0.1) is 0 Å². The van der Waals surface area contributed by atoms with Gasteiger partial charge in [-0.25, -0.2) is 4.39 Å². The number of fused-ring (bicyclic) bond motifs is 1. The molecule has 3 rings (SSSR count). The molecular formula is C24H28FN3O3S. The van der Waals surface area contributed by atoms with E-state index in [1.54, 1.807) is 32.4 Å². The molecule has 32 heavy (non-hydrogen) atoms. The Balaban J connectivity index is 1.94. The average molecular weight is 458 g/mol. The first-order valence-corrected chi connectivity index (χ1v) is 10.8. The van der Waals surface area contributed by atoms with E-state index in [-0.39, 0.29) is 11.4 Å². The zero-order chi connectivity index (χ0) is 23.3. The standard InChI is InChI=1S/C24H28FN3O3S/c1-15(2)12-26-24(32)28(13-16-5-7-19(25)8-6-16)14-18-9-17-10-21(30-3)22(31-4)11-20(17)27-23(18)29/h5-11,15H,12-14H2,1-4H3,(H,26,32)(H,27,29). The molecule has 0 spiro atoms. The smallest absolute Gasteiger partial charge is 0.253 e. The molecule has 0 bridgehead atoms. The maximum atomic E-state index is 13.3. The fourth-order valence-electron chi connectivity index (χ4n) is 3.31.